The Hall–Kier alpha value is -0.560. The molecule has 0 saturated heterocycles. The maximum Gasteiger partial charge on any atom is -0.00426 e. The predicted octanol–water partition coefficient (Wildman–Crippen LogP) is 1.71. The van der Waals surface area contributed by atoms with Crippen LogP contribution in [-0.2, 0) is 0 Å². The van der Waals surface area contributed by atoms with Gasteiger partial charge in [-0.3, -0.25) is 0 Å². The minimum Gasteiger partial charge on any atom is -0.330 e. The number of rotatable bonds is 4. The highest BCUT2D eigenvalue weighted by Crippen LogP contribution is 2.40. The summed E-state index contributed by atoms with van der Waals surface area (Å²) in [5, 5.41) is 0. The van der Waals surface area contributed by atoms with E-state index in [4.69, 9.17) is 5.73 Å². The molecule has 0 radical (unpaired) electrons. The van der Waals surface area contributed by atoms with Crippen LogP contribution in [0.4, 0.5) is 0 Å². The predicted molar refractivity (Wildman–Crippen MR) is 44.6 cm³/mol. The monoisotopic (exact) mass is 137 g/mol. The molecule has 0 heterocycles. The molecule has 10 heavy (non-hydrogen) atoms. The van der Waals surface area contributed by atoms with Gasteiger partial charge < -0.3 is 5.73 Å². The molecule has 1 saturated carbocycles. The van der Waals surface area contributed by atoms with Crippen LogP contribution in [0.3, 0.4) is 0 Å². The van der Waals surface area contributed by atoms with Crippen LogP contribution in [0.15, 0.2) is 24.8 Å². The number of allylic oxidation sites excluding steroid dienone is 2. The molecular weight excluding hydrogens is 122 g/mol. The Kier molecular flexibility index (Phi) is 2.69. The van der Waals surface area contributed by atoms with Gasteiger partial charge in [-0.15, -0.1) is 6.58 Å². The highest BCUT2D eigenvalue weighted by Gasteiger charge is 2.31. The average molecular weight is 137 g/mol. The topological polar surface area (TPSA) is 26.0 Å². The molecule has 56 valence electrons. The van der Waals surface area contributed by atoms with E-state index in [0.29, 0.717) is 0 Å². The largest absolute Gasteiger partial charge is 0.330 e. The first kappa shape index (κ1) is 7.55. The second kappa shape index (κ2) is 3.57. The third kappa shape index (κ3) is 1.99. The molecular formula is C9H15N. The molecule has 2 atom stereocenters. The van der Waals surface area contributed by atoms with Crippen LogP contribution >= 0.6 is 0 Å². The minimum absolute atomic E-state index is 0.758. The molecule has 0 aromatic carbocycles. The van der Waals surface area contributed by atoms with Gasteiger partial charge in [-0.2, -0.15) is 0 Å². The number of hydrogen-bond acceptors (Lipinski definition) is 1. The maximum absolute atomic E-state index is 5.33. The first-order valence-electron chi connectivity index (χ1n) is 3.87. The summed E-state index contributed by atoms with van der Waals surface area (Å²) < 4.78 is 0. The van der Waals surface area contributed by atoms with E-state index in [9.17, 15) is 0 Å². The normalized spacial score (nSPS) is 30.9. The fourth-order valence-electron chi connectivity index (χ4n) is 1.10. The summed E-state index contributed by atoms with van der Waals surface area (Å²) in [6.07, 6.45) is 8.79. The van der Waals surface area contributed by atoms with E-state index >= 15 is 0 Å². The van der Waals surface area contributed by atoms with E-state index in [2.05, 4.69) is 18.7 Å². The van der Waals surface area contributed by atoms with Crippen LogP contribution in [0.2, 0.25) is 0 Å². The second-order valence-corrected chi connectivity index (χ2v) is 2.80. The Morgan fingerprint density at radius 1 is 1.50 bits per heavy atom. The van der Waals surface area contributed by atoms with Crippen LogP contribution in [0.5, 0.6) is 0 Å². The van der Waals surface area contributed by atoms with Crippen molar-refractivity contribution in [1.29, 1.82) is 0 Å². The molecule has 0 amide bonds. The average Bonchev–Trinajstić information content (AvgIpc) is 2.68. The van der Waals surface area contributed by atoms with Crippen LogP contribution in [0.25, 0.3) is 0 Å². The van der Waals surface area contributed by atoms with Crippen molar-refractivity contribution in [2.75, 3.05) is 6.54 Å². The lowest BCUT2D eigenvalue weighted by atomic mass is 10.2. The summed E-state index contributed by atoms with van der Waals surface area (Å²) in [7, 11) is 0. The molecule has 1 fully saturated rings. The first-order valence-corrected chi connectivity index (χ1v) is 3.87. The lowest BCUT2D eigenvalue weighted by molar-refractivity contribution is 0.960. The van der Waals surface area contributed by atoms with Gasteiger partial charge in [0.25, 0.3) is 0 Å². The molecule has 0 aromatic rings. The molecule has 0 bridgehead atoms. The SMILES string of the molecule is C=CC1CC1/C=C/CCN. The van der Waals surface area contributed by atoms with Crippen LogP contribution < -0.4 is 5.73 Å². The molecule has 1 nitrogen and oxygen atoms in total. The Balaban J connectivity index is 2.10. The van der Waals surface area contributed by atoms with Crippen LogP contribution in [0.1, 0.15) is 12.8 Å². The van der Waals surface area contributed by atoms with Crippen molar-refractivity contribution in [3.8, 4) is 0 Å². The van der Waals surface area contributed by atoms with Gasteiger partial charge in [0.15, 0.2) is 0 Å². The van der Waals surface area contributed by atoms with Gasteiger partial charge in [-0.25, -0.2) is 0 Å². The Bertz CT molecular complexity index is 138. The van der Waals surface area contributed by atoms with Crippen molar-refractivity contribution in [3.05, 3.63) is 24.8 Å². The summed E-state index contributed by atoms with van der Waals surface area (Å²) in [4.78, 5) is 0. The molecule has 2 N–H and O–H groups in total. The molecule has 0 spiro atoms. The van der Waals surface area contributed by atoms with Crippen molar-refractivity contribution in [2.24, 2.45) is 17.6 Å². The zero-order valence-corrected chi connectivity index (χ0v) is 6.29. The molecule has 0 aromatic heterocycles. The third-order valence-electron chi connectivity index (χ3n) is 1.91. The lowest BCUT2D eigenvalue weighted by Gasteiger charge is -1.84. The maximum atomic E-state index is 5.33. The van der Waals surface area contributed by atoms with E-state index < -0.39 is 0 Å². The van der Waals surface area contributed by atoms with Crippen LogP contribution in [0, 0.1) is 11.8 Å². The van der Waals surface area contributed by atoms with E-state index in [1.807, 2.05) is 6.08 Å². The molecule has 1 rings (SSSR count). The van der Waals surface area contributed by atoms with Crippen molar-refractivity contribution >= 4 is 0 Å². The lowest BCUT2D eigenvalue weighted by Crippen LogP contribution is -1.95. The summed E-state index contributed by atoms with van der Waals surface area (Å²) in [6, 6.07) is 0. The highest BCUT2D eigenvalue weighted by molar-refractivity contribution is 5.08. The zero-order chi connectivity index (χ0) is 7.40. The van der Waals surface area contributed by atoms with E-state index in [-0.39, 0.29) is 0 Å². The second-order valence-electron chi connectivity index (χ2n) is 2.80. The summed E-state index contributed by atoms with van der Waals surface area (Å²) in [6.45, 7) is 4.51. The van der Waals surface area contributed by atoms with E-state index in [1.165, 1.54) is 6.42 Å². The summed E-state index contributed by atoms with van der Waals surface area (Å²) in [5.41, 5.74) is 5.33. The summed E-state index contributed by atoms with van der Waals surface area (Å²) >= 11 is 0. The standard InChI is InChI=1S/C9H15N/c1-2-8-7-9(8)5-3-4-6-10/h2-3,5,8-9H,1,4,6-7,10H2/b5-3+. The molecule has 1 heteroatoms. The fraction of sp³-hybridized carbons (Fsp3) is 0.556. The van der Waals surface area contributed by atoms with E-state index in [0.717, 1.165) is 24.8 Å². The quantitative estimate of drug-likeness (QED) is 0.586. The molecule has 1 aliphatic rings. The van der Waals surface area contributed by atoms with Crippen molar-refractivity contribution < 1.29 is 0 Å². The van der Waals surface area contributed by atoms with Crippen LogP contribution in [-0.4, -0.2) is 6.54 Å². The van der Waals surface area contributed by atoms with Gasteiger partial charge in [0.2, 0.25) is 0 Å². The van der Waals surface area contributed by atoms with E-state index in [1.54, 1.807) is 0 Å². The van der Waals surface area contributed by atoms with Crippen molar-refractivity contribution in [1.82, 2.24) is 0 Å². The van der Waals surface area contributed by atoms with Gasteiger partial charge in [0, 0.05) is 0 Å². The van der Waals surface area contributed by atoms with Gasteiger partial charge in [-0.05, 0) is 31.2 Å². The smallest absolute Gasteiger partial charge is 0.00426 e. The van der Waals surface area contributed by atoms with Gasteiger partial charge >= 0.3 is 0 Å². The van der Waals surface area contributed by atoms with Crippen molar-refractivity contribution in [2.45, 2.75) is 12.8 Å². The van der Waals surface area contributed by atoms with Gasteiger partial charge in [0.1, 0.15) is 0 Å². The number of nitrogens with two attached hydrogens (primary N) is 1. The Labute approximate surface area is 62.6 Å². The van der Waals surface area contributed by atoms with Gasteiger partial charge in [-0.1, -0.05) is 18.2 Å². The molecule has 0 aliphatic heterocycles. The first-order chi connectivity index (χ1) is 4.88. The Morgan fingerprint density at radius 2 is 2.30 bits per heavy atom. The molecule has 2 unspecified atom stereocenters. The highest BCUT2D eigenvalue weighted by atomic mass is 14.5. The zero-order valence-electron chi connectivity index (χ0n) is 6.29. The third-order valence-corrected chi connectivity index (χ3v) is 1.91. The summed E-state index contributed by atoms with van der Waals surface area (Å²) in [5.74, 6) is 1.54. The fourth-order valence-corrected chi connectivity index (χ4v) is 1.10. The number of hydrogen-bond donors (Lipinski definition) is 1. The van der Waals surface area contributed by atoms with Gasteiger partial charge in [0.05, 0.1) is 0 Å². The molecule has 1 aliphatic carbocycles. The Morgan fingerprint density at radius 3 is 2.80 bits per heavy atom. The van der Waals surface area contributed by atoms with Crippen molar-refractivity contribution in [3.63, 3.8) is 0 Å². The minimum atomic E-state index is 0.758.